The Kier molecular flexibility index (Phi) is 3.25. The van der Waals surface area contributed by atoms with Gasteiger partial charge in [-0.1, -0.05) is 0 Å². The van der Waals surface area contributed by atoms with E-state index in [1.807, 2.05) is 0 Å². The number of ether oxygens (including phenoxy) is 1. The molecule has 0 aromatic heterocycles. The number of carbonyl (C=O) groups is 2. The van der Waals surface area contributed by atoms with E-state index in [1.165, 1.54) is 7.11 Å². The zero-order chi connectivity index (χ0) is 9.84. The Morgan fingerprint density at radius 3 is 2.77 bits per heavy atom. The Labute approximate surface area is 76.1 Å². The first-order valence-electron chi connectivity index (χ1n) is 4.19. The number of methoxy groups -OCH3 is 1. The highest BCUT2D eigenvalue weighted by Gasteiger charge is 2.30. The number of carbonyl (C=O) groups excluding carboxylic acids is 1. The molecule has 1 aliphatic rings. The summed E-state index contributed by atoms with van der Waals surface area (Å²) in [7, 11) is 1.32. The number of carboxylic acid groups (broad SMARTS) is 1. The fourth-order valence-electron chi connectivity index (χ4n) is 1.49. The highest BCUT2D eigenvalue weighted by Crippen LogP contribution is 2.17. The Hall–Kier alpha value is -1.10. The summed E-state index contributed by atoms with van der Waals surface area (Å²) in [5.41, 5.74) is 0. The van der Waals surface area contributed by atoms with E-state index in [2.05, 4.69) is 10.1 Å². The van der Waals surface area contributed by atoms with Gasteiger partial charge in [-0.05, 0) is 19.4 Å². The molecular weight excluding hydrogens is 174 g/mol. The zero-order valence-corrected chi connectivity index (χ0v) is 7.45. The number of carboxylic acids is 1. The summed E-state index contributed by atoms with van der Waals surface area (Å²) in [6.45, 7) is 0.552. The molecular formula is C8H13NO4. The summed E-state index contributed by atoms with van der Waals surface area (Å²) in [4.78, 5) is 21.7. The van der Waals surface area contributed by atoms with Crippen LogP contribution in [0.25, 0.3) is 0 Å². The smallest absolute Gasteiger partial charge is 0.320 e. The van der Waals surface area contributed by atoms with Gasteiger partial charge in [-0.25, -0.2) is 0 Å². The minimum Gasteiger partial charge on any atom is -0.480 e. The molecule has 13 heavy (non-hydrogen) atoms. The van der Waals surface area contributed by atoms with Crippen LogP contribution in [0.15, 0.2) is 0 Å². The molecule has 2 N–H and O–H groups in total. The molecule has 0 aromatic carbocycles. The summed E-state index contributed by atoms with van der Waals surface area (Å²) in [6.07, 6.45) is 0.971. The maximum absolute atomic E-state index is 11.1. The van der Waals surface area contributed by atoms with Crippen molar-refractivity contribution in [2.75, 3.05) is 13.7 Å². The number of aliphatic carboxylic acids is 1. The van der Waals surface area contributed by atoms with Crippen LogP contribution in [0.5, 0.6) is 0 Å². The van der Waals surface area contributed by atoms with Crippen LogP contribution in [0.4, 0.5) is 0 Å². The first-order valence-corrected chi connectivity index (χ1v) is 4.19. The van der Waals surface area contributed by atoms with Gasteiger partial charge in [-0.2, -0.15) is 0 Å². The third-order valence-corrected chi connectivity index (χ3v) is 2.24. The number of nitrogens with one attached hydrogen (secondary N) is 1. The van der Waals surface area contributed by atoms with Crippen molar-refractivity contribution in [2.45, 2.75) is 18.9 Å². The minimum atomic E-state index is -0.909. The molecule has 5 nitrogen and oxygen atoms in total. The third kappa shape index (κ3) is 2.42. The second kappa shape index (κ2) is 4.23. The van der Waals surface area contributed by atoms with Gasteiger partial charge in [0.05, 0.1) is 13.0 Å². The number of hydrogen-bond acceptors (Lipinski definition) is 4. The van der Waals surface area contributed by atoms with E-state index in [-0.39, 0.29) is 11.9 Å². The molecule has 0 aromatic rings. The molecule has 5 heteroatoms. The molecule has 0 spiro atoms. The molecule has 74 valence electrons. The molecule has 0 amide bonds. The molecule has 2 atom stereocenters. The topological polar surface area (TPSA) is 75.6 Å². The molecule has 2 unspecified atom stereocenters. The molecule has 0 bridgehead atoms. The molecule has 0 saturated carbocycles. The number of rotatable bonds is 2. The van der Waals surface area contributed by atoms with Crippen molar-refractivity contribution in [1.82, 2.24) is 5.32 Å². The van der Waals surface area contributed by atoms with Crippen molar-refractivity contribution >= 4 is 11.9 Å². The van der Waals surface area contributed by atoms with Crippen molar-refractivity contribution in [1.29, 1.82) is 0 Å². The van der Waals surface area contributed by atoms with Crippen molar-refractivity contribution in [3.8, 4) is 0 Å². The molecule has 1 fully saturated rings. The van der Waals surface area contributed by atoms with E-state index in [4.69, 9.17) is 5.11 Å². The normalized spacial score (nSPS) is 28.1. The zero-order valence-electron chi connectivity index (χ0n) is 7.45. The van der Waals surface area contributed by atoms with E-state index in [0.29, 0.717) is 19.4 Å². The lowest BCUT2D eigenvalue weighted by atomic mass is 9.93. The second-order valence-corrected chi connectivity index (χ2v) is 3.09. The van der Waals surface area contributed by atoms with E-state index in [9.17, 15) is 9.59 Å². The predicted octanol–water partition coefficient (Wildman–Crippen LogP) is -0.388. The Balaban J connectivity index is 2.51. The Morgan fingerprint density at radius 1 is 1.54 bits per heavy atom. The predicted molar refractivity (Wildman–Crippen MR) is 44.2 cm³/mol. The fraction of sp³-hybridized carbons (Fsp3) is 0.750. The minimum absolute atomic E-state index is 0.271. The van der Waals surface area contributed by atoms with Crippen molar-refractivity contribution in [2.24, 2.45) is 5.92 Å². The number of piperidine rings is 1. The van der Waals surface area contributed by atoms with Crippen LogP contribution >= 0.6 is 0 Å². The maximum Gasteiger partial charge on any atom is 0.320 e. The van der Waals surface area contributed by atoms with Gasteiger partial charge in [0.15, 0.2) is 0 Å². The van der Waals surface area contributed by atoms with E-state index >= 15 is 0 Å². The third-order valence-electron chi connectivity index (χ3n) is 2.24. The van der Waals surface area contributed by atoms with Crippen molar-refractivity contribution < 1.29 is 19.4 Å². The first-order chi connectivity index (χ1) is 6.15. The van der Waals surface area contributed by atoms with Crippen molar-refractivity contribution in [3.63, 3.8) is 0 Å². The molecule has 0 aliphatic carbocycles. The van der Waals surface area contributed by atoms with Gasteiger partial charge < -0.3 is 15.2 Å². The fourth-order valence-corrected chi connectivity index (χ4v) is 1.49. The molecule has 1 rings (SSSR count). The Morgan fingerprint density at radius 2 is 2.23 bits per heavy atom. The van der Waals surface area contributed by atoms with Gasteiger partial charge in [-0.3, -0.25) is 9.59 Å². The van der Waals surface area contributed by atoms with Gasteiger partial charge in [0.25, 0.3) is 0 Å². The van der Waals surface area contributed by atoms with Gasteiger partial charge in [0, 0.05) is 0 Å². The molecule has 0 radical (unpaired) electrons. The quantitative estimate of drug-likeness (QED) is 0.576. The van der Waals surface area contributed by atoms with Crippen LogP contribution in [-0.2, 0) is 14.3 Å². The largest absolute Gasteiger partial charge is 0.480 e. The van der Waals surface area contributed by atoms with E-state index < -0.39 is 12.0 Å². The van der Waals surface area contributed by atoms with Crippen LogP contribution in [0, 0.1) is 5.92 Å². The van der Waals surface area contributed by atoms with Crippen LogP contribution in [-0.4, -0.2) is 36.7 Å². The van der Waals surface area contributed by atoms with E-state index in [1.54, 1.807) is 0 Å². The average molecular weight is 187 g/mol. The second-order valence-electron chi connectivity index (χ2n) is 3.09. The highest BCUT2D eigenvalue weighted by molar-refractivity contribution is 5.77. The lowest BCUT2D eigenvalue weighted by Crippen LogP contribution is -2.45. The van der Waals surface area contributed by atoms with E-state index in [0.717, 1.165) is 0 Å². The summed E-state index contributed by atoms with van der Waals surface area (Å²) >= 11 is 0. The van der Waals surface area contributed by atoms with Gasteiger partial charge in [0.1, 0.15) is 6.04 Å². The maximum atomic E-state index is 11.1. The monoisotopic (exact) mass is 187 g/mol. The summed E-state index contributed by atoms with van der Waals surface area (Å²) in [5.74, 6) is -1.49. The highest BCUT2D eigenvalue weighted by atomic mass is 16.5. The molecule has 1 aliphatic heterocycles. The van der Waals surface area contributed by atoms with Gasteiger partial charge in [0.2, 0.25) is 0 Å². The summed E-state index contributed by atoms with van der Waals surface area (Å²) < 4.78 is 4.56. The average Bonchev–Trinajstić information content (AvgIpc) is 2.17. The summed E-state index contributed by atoms with van der Waals surface area (Å²) in [6, 6.07) is -0.613. The Bertz CT molecular complexity index is 216. The lowest BCUT2D eigenvalue weighted by molar-refractivity contribution is -0.148. The number of esters is 1. The van der Waals surface area contributed by atoms with Crippen LogP contribution < -0.4 is 5.32 Å². The SMILES string of the molecule is COC(=O)C1CCNC(C(=O)O)C1. The van der Waals surface area contributed by atoms with Crippen LogP contribution in [0.2, 0.25) is 0 Å². The molecule has 1 saturated heterocycles. The summed E-state index contributed by atoms with van der Waals surface area (Å²) in [5, 5.41) is 11.5. The molecule has 1 heterocycles. The van der Waals surface area contributed by atoms with Gasteiger partial charge in [-0.15, -0.1) is 0 Å². The van der Waals surface area contributed by atoms with Crippen LogP contribution in [0.1, 0.15) is 12.8 Å². The first kappa shape index (κ1) is 9.98. The van der Waals surface area contributed by atoms with Crippen molar-refractivity contribution in [3.05, 3.63) is 0 Å². The standard InChI is InChI=1S/C8H13NO4/c1-13-8(12)5-2-3-9-6(4-5)7(10)11/h5-6,9H,2-4H2,1H3,(H,10,11). The van der Waals surface area contributed by atoms with Gasteiger partial charge >= 0.3 is 11.9 Å². The van der Waals surface area contributed by atoms with Crippen LogP contribution in [0.3, 0.4) is 0 Å². The number of hydrogen-bond donors (Lipinski definition) is 2. The lowest BCUT2D eigenvalue weighted by Gasteiger charge is -2.25.